The molecule has 3 heteroatoms. The van der Waals surface area contributed by atoms with Gasteiger partial charge in [-0.05, 0) is 45.0 Å². The van der Waals surface area contributed by atoms with E-state index in [1.807, 2.05) is 57.2 Å². The molecule has 2 aromatic carbocycles. The van der Waals surface area contributed by atoms with Crippen LogP contribution in [-0.4, -0.2) is 12.5 Å². The SMILES string of the molecule is CCN(C(=O)c1cc(C)cc(C)c1)c1ccccc1N. The first kappa shape index (κ1) is 14.1. The number of rotatable bonds is 3. The Morgan fingerprint density at radius 3 is 2.25 bits per heavy atom. The number of amides is 1. The van der Waals surface area contributed by atoms with E-state index in [4.69, 9.17) is 5.73 Å². The number of aryl methyl sites for hydroxylation is 2. The lowest BCUT2D eigenvalue weighted by Gasteiger charge is -2.23. The van der Waals surface area contributed by atoms with Crippen molar-refractivity contribution < 1.29 is 4.79 Å². The lowest BCUT2D eigenvalue weighted by Crippen LogP contribution is -2.31. The molecule has 0 aliphatic rings. The van der Waals surface area contributed by atoms with Gasteiger partial charge in [-0.25, -0.2) is 0 Å². The van der Waals surface area contributed by atoms with Gasteiger partial charge in [0.1, 0.15) is 0 Å². The number of hydrogen-bond acceptors (Lipinski definition) is 2. The van der Waals surface area contributed by atoms with Crippen LogP contribution in [0.3, 0.4) is 0 Å². The summed E-state index contributed by atoms with van der Waals surface area (Å²) in [5.41, 5.74) is 10.2. The predicted molar refractivity (Wildman–Crippen MR) is 84.1 cm³/mol. The number of nitrogen functional groups attached to an aromatic ring is 1. The van der Waals surface area contributed by atoms with Gasteiger partial charge >= 0.3 is 0 Å². The van der Waals surface area contributed by atoms with E-state index in [9.17, 15) is 4.79 Å². The number of carbonyl (C=O) groups excluding carboxylic acids is 1. The molecule has 1 amide bonds. The van der Waals surface area contributed by atoms with Crippen LogP contribution in [0.25, 0.3) is 0 Å². The van der Waals surface area contributed by atoms with E-state index in [0.29, 0.717) is 17.8 Å². The summed E-state index contributed by atoms with van der Waals surface area (Å²) in [6.07, 6.45) is 0. The fourth-order valence-corrected chi connectivity index (χ4v) is 2.41. The van der Waals surface area contributed by atoms with Gasteiger partial charge in [0.2, 0.25) is 0 Å². The summed E-state index contributed by atoms with van der Waals surface area (Å²) in [5.74, 6) is -0.0165. The Hall–Kier alpha value is -2.29. The molecular weight excluding hydrogens is 248 g/mol. The molecule has 0 radical (unpaired) electrons. The first-order valence-corrected chi connectivity index (χ1v) is 6.77. The van der Waals surface area contributed by atoms with Crippen molar-refractivity contribution in [3.63, 3.8) is 0 Å². The van der Waals surface area contributed by atoms with E-state index in [1.54, 1.807) is 4.90 Å². The number of para-hydroxylation sites is 2. The molecule has 3 nitrogen and oxygen atoms in total. The number of nitrogens with zero attached hydrogens (tertiary/aromatic N) is 1. The summed E-state index contributed by atoms with van der Waals surface area (Å²) in [5, 5.41) is 0. The van der Waals surface area contributed by atoms with Gasteiger partial charge in [0.15, 0.2) is 0 Å². The van der Waals surface area contributed by atoms with Crippen LogP contribution in [0, 0.1) is 13.8 Å². The van der Waals surface area contributed by atoms with Crippen molar-refractivity contribution in [3.05, 3.63) is 59.2 Å². The summed E-state index contributed by atoms with van der Waals surface area (Å²) in [6.45, 7) is 6.53. The third kappa shape index (κ3) is 2.82. The third-order valence-electron chi connectivity index (χ3n) is 3.26. The van der Waals surface area contributed by atoms with Crippen molar-refractivity contribution in [2.75, 3.05) is 17.2 Å². The summed E-state index contributed by atoms with van der Waals surface area (Å²) in [6, 6.07) is 13.3. The second-order valence-electron chi connectivity index (χ2n) is 4.98. The van der Waals surface area contributed by atoms with Crippen LogP contribution in [0.2, 0.25) is 0 Å². The second kappa shape index (κ2) is 5.78. The molecule has 0 aliphatic heterocycles. The highest BCUT2D eigenvalue weighted by Gasteiger charge is 2.18. The van der Waals surface area contributed by atoms with Crippen molar-refractivity contribution in [2.24, 2.45) is 0 Å². The number of nitrogens with two attached hydrogens (primary N) is 1. The number of benzene rings is 2. The van der Waals surface area contributed by atoms with Gasteiger partial charge < -0.3 is 10.6 Å². The maximum atomic E-state index is 12.7. The Kier molecular flexibility index (Phi) is 4.08. The molecule has 0 saturated heterocycles. The van der Waals surface area contributed by atoms with Crippen LogP contribution in [0.4, 0.5) is 11.4 Å². The van der Waals surface area contributed by atoms with Gasteiger partial charge in [-0.2, -0.15) is 0 Å². The summed E-state index contributed by atoms with van der Waals surface area (Å²) < 4.78 is 0. The number of anilines is 2. The minimum atomic E-state index is -0.0165. The number of hydrogen-bond donors (Lipinski definition) is 1. The highest BCUT2D eigenvalue weighted by molar-refractivity contribution is 6.07. The Balaban J connectivity index is 2.42. The Labute approximate surface area is 120 Å². The fraction of sp³-hybridized carbons (Fsp3) is 0.235. The first-order chi connectivity index (χ1) is 9.52. The second-order valence-corrected chi connectivity index (χ2v) is 4.98. The van der Waals surface area contributed by atoms with Crippen LogP contribution in [0.5, 0.6) is 0 Å². The largest absolute Gasteiger partial charge is 0.397 e. The lowest BCUT2D eigenvalue weighted by molar-refractivity contribution is 0.0988. The average molecular weight is 268 g/mol. The van der Waals surface area contributed by atoms with Crippen molar-refractivity contribution in [2.45, 2.75) is 20.8 Å². The fourth-order valence-electron chi connectivity index (χ4n) is 2.41. The molecule has 0 unspecified atom stereocenters. The monoisotopic (exact) mass is 268 g/mol. The van der Waals surface area contributed by atoms with Crippen molar-refractivity contribution in [3.8, 4) is 0 Å². The zero-order valence-corrected chi connectivity index (χ0v) is 12.2. The molecule has 2 N–H and O–H groups in total. The van der Waals surface area contributed by atoms with E-state index in [-0.39, 0.29) is 5.91 Å². The summed E-state index contributed by atoms with van der Waals surface area (Å²) >= 11 is 0. The minimum Gasteiger partial charge on any atom is -0.397 e. The van der Waals surface area contributed by atoms with Crippen molar-refractivity contribution in [1.29, 1.82) is 0 Å². The van der Waals surface area contributed by atoms with Crippen LogP contribution in [0.1, 0.15) is 28.4 Å². The van der Waals surface area contributed by atoms with Crippen LogP contribution < -0.4 is 10.6 Å². The normalized spacial score (nSPS) is 10.3. The highest BCUT2D eigenvalue weighted by Crippen LogP contribution is 2.24. The molecule has 0 spiro atoms. The van der Waals surface area contributed by atoms with Gasteiger partial charge in [0.05, 0.1) is 11.4 Å². The molecule has 0 aliphatic carbocycles. The Morgan fingerprint density at radius 2 is 1.70 bits per heavy atom. The summed E-state index contributed by atoms with van der Waals surface area (Å²) in [7, 11) is 0. The Morgan fingerprint density at radius 1 is 1.10 bits per heavy atom. The molecule has 2 rings (SSSR count). The zero-order valence-electron chi connectivity index (χ0n) is 12.2. The molecular formula is C17H20N2O. The topological polar surface area (TPSA) is 46.3 Å². The quantitative estimate of drug-likeness (QED) is 0.865. The maximum Gasteiger partial charge on any atom is 0.258 e. The molecule has 104 valence electrons. The van der Waals surface area contributed by atoms with Crippen molar-refractivity contribution in [1.82, 2.24) is 0 Å². The van der Waals surface area contributed by atoms with E-state index in [0.717, 1.165) is 16.8 Å². The van der Waals surface area contributed by atoms with Gasteiger partial charge in [-0.3, -0.25) is 4.79 Å². The van der Waals surface area contributed by atoms with E-state index in [2.05, 4.69) is 6.07 Å². The maximum absolute atomic E-state index is 12.7. The van der Waals surface area contributed by atoms with Crippen molar-refractivity contribution >= 4 is 17.3 Å². The van der Waals surface area contributed by atoms with Crippen LogP contribution >= 0.6 is 0 Å². The van der Waals surface area contributed by atoms with Gasteiger partial charge in [0.25, 0.3) is 5.91 Å². The number of carbonyl (C=O) groups is 1. The highest BCUT2D eigenvalue weighted by atomic mass is 16.2. The van der Waals surface area contributed by atoms with E-state index >= 15 is 0 Å². The van der Waals surface area contributed by atoms with Gasteiger partial charge in [0, 0.05) is 12.1 Å². The molecule has 0 saturated carbocycles. The molecule has 0 aromatic heterocycles. The molecule has 20 heavy (non-hydrogen) atoms. The zero-order chi connectivity index (χ0) is 14.7. The predicted octanol–water partition coefficient (Wildman–Crippen LogP) is 3.55. The molecule has 0 fully saturated rings. The average Bonchev–Trinajstić information content (AvgIpc) is 2.40. The summed E-state index contributed by atoms with van der Waals surface area (Å²) in [4.78, 5) is 14.4. The molecule has 0 atom stereocenters. The smallest absolute Gasteiger partial charge is 0.258 e. The van der Waals surface area contributed by atoms with Crippen LogP contribution in [0.15, 0.2) is 42.5 Å². The molecule has 2 aromatic rings. The molecule has 0 bridgehead atoms. The molecule has 0 heterocycles. The standard InChI is InChI=1S/C17H20N2O/c1-4-19(16-8-6-5-7-15(16)18)17(20)14-10-12(2)9-13(3)11-14/h5-11H,4,18H2,1-3H3. The first-order valence-electron chi connectivity index (χ1n) is 6.77. The Bertz CT molecular complexity index is 614. The van der Waals surface area contributed by atoms with Gasteiger partial charge in [-0.15, -0.1) is 0 Å². The lowest BCUT2D eigenvalue weighted by atomic mass is 10.1. The third-order valence-corrected chi connectivity index (χ3v) is 3.26. The van der Waals surface area contributed by atoms with E-state index < -0.39 is 0 Å². The minimum absolute atomic E-state index is 0.0165. The van der Waals surface area contributed by atoms with Gasteiger partial charge in [-0.1, -0.05) is 29.3 Å². The van der Waals surface area contributed by atoms with Crippen LogP contribution in [-0.2, 0) is 0 Å². The van der Waals surface area contributed by atoms with E-state index in [1.165, 1.54) is 0 Å².